The van der Waals surface area contributed by atoms with E-state index in [2.05, 4.69) is 68.7 Å². The van der Waals surface area contributed by atoms with E-state index in [1.54, 1.807) is 0 Å². The minimum absolute atomic E-state index is 0.120. The first-order chi connectivity index (χ1) is 7.76. The standard InChI is InChI=1S/C15H23BrO/c1-14(2,3)12-8-6-7-9-13(12)17-11-15(4,5)10-16/h6-9H,10-11H2,1-5H3. The van der Waals surface area contributed by atoms with Gasteiger partial charge in [-0.2, -0.15) is 0 Å². The van der Waals surface area contributed by atoms with Crippen LogP contribution in [0.4, 0.5) is 0 Å². The van der Waals surface area contributed by atoms with Crippen LogP contribution in [0.15, 0.2) is 24.3 Å². The van der Waals surface area contributed by atoms with Crippen molar-refractivity contribution in [1.82, 2.24) is 0 Å². The van der Waals surface area contributed by atoms with Gasteiger partial charge in [-0.15, -0.1) is 0 Å². The lowest BCUT2D eigenvalue weighted by Crippen LogP contribution is -2.24. The van der Waals surface area contributed by atoms with Crippen LogP contribution in [0, 0.1) is 5.41 Å². The number of para-hydroxylation sites is 1. The van der Waals surface area contributed by atoms with Crippen LogP contribution >= 0.6 is 15.9 Å². The molecule has 1 aromatic rings. The minimum atomic E-state index is 0.120. The highest BCUT2D eigenvalue weighted by Gasteiger charge is 2.21. The molecule has 1 aromatic carbocycles. The maximum absolute atomic E-state index is 5.99. The van der Waals surface area contributed by atoms with Crippen LogP contribution in [-0.4, -0.2) is 11.9 Å². The summed E-state index contributed by atoms with van der Waals surface area (Å²) >= 11 is 3.52. The summed E-state index contributed by atoms with van der Waals surface area (Å²) in [4.78, 5) is 0. The Morgan fingerprint density at radius 2 is 1.65 bits per heavy atom. The lowest BCUT2D eigenvalue weighted by Gasteiger charge is -2.26. The van der Waals surface area contributed by atoms with Crippen LogP contribution in [0.2, 0.25) is 0 Å². The molecule has 0 aliphatic heterocycles. The van der Waals surface area contributed by atoms with Gasteiger partial charge in [-0.25, -0.2) is 0 Å². The molecule has 0 saturated heterocycles. The maximum atomic E-state index is 5.99. The Hall–Kier alpha value is -0.500. The molecule has 2 heteroatoms. The van der Waals surface area contributed by atoms with Crippen LogP contribution < -0.4 is 4.74 Å². The fourth-order valence-corrected chi connectivity index (χ4v) is 1.69. The molecule has 0 spiro atoms. The van der Waals surface area contributed by atoms with Gasteiger partial charge in [-0.3, -0.25) is 0 Å². The quantitative estimate of drug-likeness (QED) is 0.727. The zero-order valence-corrected chi connectivity index (χ0v) is 13.1. The monoisotopic (exact) mass is 298 g/mol. The Bertz CT molecular complexity index is 363. The lowest BCUT2D eigenvalue weighted by atomic mass is 9.86. The third-order valence-corrected chi connectivity index (χ3v) is 4.19. The lowest BCUT2D eigenvalue weighted by molar-refractivity contribution is 0.199. The molecule has 0 aliphatic rings. The van der Waals surface area contributed by atoms with Crippen LogP contribution in [0.3, 0.4) is 0 Å². The second-order valence-electron chi connectivity index (χ2n) is 6.33. The van der Waals surface area contributed by atoms with Crippen molar-refractivity contribution in [3.05, 3.63) is 29.8 Å². The van der Waals surface area contributed by atoms with E-state index >= 15 is 0 Å². The summed E-state index contributed by atoms with van der Waals surface area (Å²) in [7, 11) is 0. The first-order valence-corrected chi connectivity index (χ1v) is 7.17. The van der Waals surface area contributed by atoms with Gasteiger partial charge >= 0.3 is 0 Å². The molecule has 0 atom stereocenters. The molecule has 0 bridgehead atoms. The largest absolute Gasteiger partial charge is 0.493 e. The number of benzene rings is 1. The van der Waals surface area contributed by atoms with E-state index in [4.69, 9.17) is 4.74 Å². The summed E-state index contributed by atoms with van der Waals surface area (Å²) in [5.41, 5.74) is 1.55. The van der Waals surface area contributed by atoms with Crippen molar-refractivity contribution in [2.24, 2.45) is 5.41 Å². The van der Waals surface area contributed by atoms with E-state index in [1.807, 2.05) is 6.07 Å². The van der Waals surface area contributed by atoms with E-state index in [1.165, 1.54) is 5.56 Å². The van der Waals surface area contributed by atoms with Gasteiger partial charge in [0.25, 0.3) is 0 Å². The fourth-order valence-electron chi connectivity index (χ4n) is 1.52. The summed E-state index contributed by atoms with van der Waals surface area (Å²) < 4.78 is 5.99. The number of hydrogen-bond acceptors (Lipinski definition) is 1. The number of hydrogen-bond donors (Lipinski definition) is 0. The molecular formula is C15H23BrO. The average molecular weight is 299 g/mol. The molecule has 0 amide bonds. The molecule has 0 unspecified atom stereocenters. The van der Waals surface area contributed by atoms with Crippen LogP contribution in [0.1, 0.15) is 40.2 Å². The van der Waals surface area contributed by atoms with Crippen molar-refractivity contribution >= 4 is 15.9 Å². The molecule has 1 nitrogen and oxygen atoms in total. The van der Waals surface area contributed by atoms with Crippen molar-refractivity contribution in [3.63, 3.8) is 0 Å². The van der Waals surface area contributed by atoms with E-state index in [0.29, 0.717) is 0 Å². The van der Waals surface area contributed by atoms with Crippen molar-refractivity contribution in [1.29, 1.82) is 0 Å². The minimum Gasteiger partial charge on any atom is -0.493 e. The van der Waals surface area contributed by atoms with Crippen molar-refractivity contribution in [3.8, 4) is 5.75 Å². The van der Waals surface area contributed by atoms with E-state index in [-0.39, 0.29) is 10.8 Å². The average Bonchev–Trinajstić information content (AvgIpc) is 2.26. The number of rotatable bonds is 4. The smallest absolute Gasteiger partial charge is 0.123 e. The third kappa shape index (κ3) is 4.34. The van der Waals surface area contributed by atoms with E-state index in [9.17, 15) is 0 Å². The van der Waals surface area contributed by atoms with Crippen molar-refractivity contribution in [2.75, 3.05) is 11.9 Å². The highest BCUT2D eigenvalue weighted by molar-refractivity contribution is 9.09. The SMILES string of the molecule is CC(C)(CBr)COc1ccccc1C(C)(C)C. The van der Waals surface area contributed by atoms with Gasteiger partial charge in [0, 0.05) is 10.7 Å². The van der Waals surface area contributed by atoms with E-state index in [0.717, 1.165) is 17.7 Å². The highest BCUT2D eigenvalue weighted by Crippen LogP contribution is 2.32. The Balaban J connectivity index is 2.85. The molecule has 0 aromatic heterocycles. The van der Waals surface area contributed by atoms with Crippen molar-refractivity contribution in [2.45, 2.75) is 40.0 Å². The molecule has 1 rings (SSSR count). The normalized spacial score (nSPS) is 12.6. The Kier molecular flexibility index (Phi) is 4.65. The van der Waals surface area contributed by atoms with Crippen LogP contribution in [-0.2, 0) is 5.41 Å². The Morgan fingerprint density at radius 3 is 2.18 bits per heavy atom. The van der Waals surface area contributed by atoms with Gasteiger partial charge in [0.05, 0.1) is 6.61 Å². The predicted molar refractivity (Wildman–Crippen MR) is 78.2 cm³/mol. The zero-order valence-electron chi connectivity index (χ0n) is 11.5. The number of halogens is 1. The maximum Gasteiger partial charge on any atom is 0.123 e. The van der Waals surface area contributed by atoms with Gasteiger partial charge in [-0.1, -0.05) is 68.7 Å². The molecule has 0 saturated carbocycles. The van der Waals surface area contributed by atoms with Gasteiger partial charge in [0.15, 0.2) is 0 Å². The first-order valence-electron chi connectivity index (χ1n) is 6.04. The highest BCUT2D eigenvalue weighted by atomic mass is 79.9. The van der Waals surface area contributed by atoms with Crippen LogP contribution in [0.5, 0.6) is 5.75 Å². The van der Waals surface area contributed by atoms with Crippen molar-refractivity contribution < 1.29 is 4.74 Å². The molecule has 0 aliphatic carbocycles. The molecular weight excluding hydrogens is 276 g/mol. The fraction of sp³-hybridized carbons (Fsp3) is 0.600. The predicted octanol–water partition coefficient (Wildman–Crippen LogP) is 4.78. The summed E-state index contributed by atoms with van der Waals surface area (Å²) in [6.07, 6.45) is 0. The van der Waals surface area contributed by atoms with E-state index < -0.39 is 0 Å². The zero-order chi connectivity index (χ0) is 13.1. The second kappa shape index (κ2) is 5.43. The molecule has 0 radical (unpaired) electrons. The number of alkyl halides is 1. The summed E-state index contributed by atoms with van der Waals surface area (Å²) in [6, 6.07) is 8.32. The topological polar surface area (TPSA) is 9.23 Å². The van der Waals surface area contributed by atoms with Gasteiger partial charge in [-0.05, 0) is 17.0 Å². The van der Waals surface area contributed by atoms with Crippen LogP contribution in [0.25, 0.3) is 0 Å². The Morgan fingerprint density at radius 1 is 1.06 bits per heavy atom. The molecule has 17 heavy (non-hydrogen) atoms. The third-order valence-electron chi connectivity index (χ3n) is 2.68. The van der Waals surface area contributed by atoms with Gasteiger partial charge in [0.2, 0.25) is 0 Å². The molecule has 0 N–H and O–H groups in total. The summed E-state index contributed by atoms with van der Waals surface area (Å²) in [6.45, 7) is 11.8. The second-order valence-corrected chi connectivity index (χ2v) is 6.89. The molecule has 96 valence electrons. The molecule has 0 heterocycles. The summed E-state index contributed by atoms with van der Waals surface area (Å²) in [5.74, 6) is 1.01. The Labute approximate surface area is 114 Å². The van der Waals surface area contributed by atoms with Gasteiger partial charge < -0.3 is 4.74 Å². The number of ether oxygens (including phenoxy) is 1. The van der Waals surface area contributed by atoms with Gasteiger partial charge in [0.1, 0.15) is 5.75 Å². The summed E-state index contributed by atoms with van der Waals surface area (Å²) in [5, 5.41) is 0.942. The molecule has 0 fully saturated rings. The first kappa shape index (κ1) is 14.6.